The highest BCUT2D eigenvalue weighted by molar-refractivity contribution is 4.99. The van der Waals surface area contributed by atoms with Crippen molar-refractivity contribution in [3.63, 3.8) is 0 Å². The Bertz CT molecular complexity index is 291. The highest BCUT2D eigenvalue weighted by atomic mass is 19.4. The van der Waals surface area contributed by atoms with Gasteiger partial charge < -0.3 is 10.1 Å². The predicted octanol–water partition coefficient (Wildman–Crippen LogP) is 3.84. The van der Waals surface area contributed by atoms with Gasteiger partial charge in [-0.25, -0.2) is 0 Å². The molecular formula is C13H22F3NO. The van der Waals surface area contributed by atoms with E-state index < -0.39 is 12.1 Å². The molecule has 1 rings (SSSR count). The van der Waals surface area contributed by atoms with Crippen molar-refractivity contribution in [1.29, 1.82) is 0 Å². The topological polar surface area (TPSA) is 21.3 Å². The molecular weight excluding hydrogens is 243 g/mol. The second kappa shape index (κ2) is 6.34. The second-order valence-electron chi connectivity index (χ2n) is 5.00. The molecule has 5 heteroatoms. The Balaban J connectivity index is 2.33. The normalized spacial score (nSPS) is 26.6. The smallest absolute Gasteiger partial charge is 0.391 e. The van der Waals surface area contributed by atoms with Gasteiger partial charge in [-0.2, -0.15) is 13.2 Å². The average Bonchev–Trinajstić information content (AvgIpc) is 2.34. The molecule has 0 spiro atoms. The minimum absolute atomic E-state index is 0.241. The Morgan fingerprint density at radius 2 is 1.72 bits per heavy atom. The van der Waals surface area contributed by atoms with Crippen LogP contribution in [-0.4, -0.2) is 19.8 Å². The summed E-state index contributed by atoms with van der Waals surface area (Å²) in [7, 11) is 1.82. The molecule has 0 radical (unpaired) electrons. The maximum atomic E-state index is 12.5. The molecule has 0 unspecified atom stereocenters. The molecule has 1 fully saturated rings. The van der Waals surface area contributed by atoms with Gasteiger partial charge in [0.15, 0.2) is 0 Å². The lowest BCUT2D eigenvalue weighted by atomic mass is 9.82. The summed E-state index contributed by atoms with van der Waals surface area (Å²) in [5.74, 6) is -0.0388. The van der Waals surface area contributed by atoms with Crippen LogP contribution in [0.25, 0.3) is 0 Å². The highest BCUT2D eigenvalue weighted by Crippen LogP contribution is 2.39. The van der Waals surface area contributed by atoms with Gasteiger partial charge in [0, 0.05) is 12.7 Å². The zero-order valence-electron chi connectivity index (χ0n) is 11.2. The first-order chi connectivity index (χ1) is 8.34. The minimum atomic E-state index is -4.02. The molecule has 0 atom stereocenters. The number of rotatable bonds is 4. The third kappa shape index (κ3) is 4.42. The molecule has 0 aromatic carbocycles. The SMILES string of the molecule is CN/C(C)=C(/C)OC[C@H]1CC[C@H](C(F)(F)F)CC1. The lowest BCUT2D eigenvalue weighted by Gasteiger charge is -2.29. The fourth-order valence-corrected chi connectivity index (χ4v) is 2.18. The average molecular weight is 265 g/mol. The number of allylic oxidation sites excluding steroid dienone is 2. The fourth-order valence-electron chi connectivity index (χ4n) is 2.18. The maximum Gasteiger partial charge on any atom is 0.391 e. The van der Waals surface area contributed by atoms with Gasteiger partial charge in [-0.3, -0.25) is 0 Å². The van der Waals surface area contributed by atoms with Crippen LogP contribution < -0.4 is 5.32 Å². The summed E-state index contributed by atoms with van der Waals surface area (Å²) in [5.41, 5.74) is 0.957. The van der Waals surface area contributed by atoms with E-state index in [9.17, 15) is 13.2 Å². The van der Waals surface area contributed by atoms with Crippen molar-refractivity contribution in [3.8, 4) is 0 Å². The van der Waals surface area contributed by atoms with E-state index in [0.29, 0.717) is 19.4 Å². The van der Waals surface area contributed by atoms with Crippen molar-refractivity contribution in [1.82, 2.24) is 5.32 Å². The third-order valence-corrected chi connectivity index (χ3v) is 3.75. The van der Waals surface area contributed by atoms with Crippen molar-refractivity contribution >= 4 is 0 Å². The van der Waals surface area contributed by atoms with E-state index in [0.717, 1.165) is 11.5 Å². The Hall–Kier alpha value is -0.870. The number of nitrogens with one attached hydrogen (secondary N) is 1. The van der Waals surface area contributed by atoms with E-state index in [1.165, 1.54) is 0 Å². The summed E-state index contributed by atoms with van der Waals surface area (Å²) in [6.45, 7) is 4.30. The Morgan fingerprint density at radius 3 is 2.17 bits per heavy atom. The van der Waals surface area contributed by atoms with E-state index in [1.807, 2.05) is 20.9 Å². The molecule has 1 saturated carbocycles. The Kier molecular flexibility index (Phi) is 5.35. The number of ether oxygens (including phenoxy) is 1. The van der Waals surface area contributed by atoms with E-state index in [1.54, 1.807) is 0 Å². The van der Waals surface area contributed by atoms with Crippen LogP contribution in [0.15, 0.2) is 11.5 Å². The number of halogens is 3. The summed E-state index contributed by atoms with van der Waals surface area (Å²) >= 11 is 0. The monoisotopic (exact) mass is 265 g/mol. The van der Waals surface area contributed by atoms with Gasteiger partial charge in [0.05, 0.1) is 12.5 Å². The summed E-state index contributed by atoms with van der Waals surface area (Å²) in [5, 5.41) is 2.99. The molecule has 1 aliphatic carbocycles. The van der Waals surface area contributed by atoms with E-state index in [4.69, 9.17) is 4.74 Å². The zero-order valence-corrected chi connectivity index (χ0v) is 11.2. The van der Waals surface area contributed by atoms with E-state index >= 15 is 0 Å². The van der Waals surface area contributed by atoms with Gasteiger partial charge in [-0.1, -0.05) is 0 Å². The van der Waals surface area contributed by atoms with Gasteiger partial charge in [-0.05, 0) is 45.4 Å². The van der Waals surface area contributed by atoms with Gasteiger partial charge in [0.2, 0.25) is 0 Å². The van der Waals surface area contributed by atoms with Crippen LogP contribution in [0.5, 0.6) is 0 Å². The molecule has 2 nitrogen and oxygen atoms in total. The summed E-state index contributed by atoms with van der Waals surface area (Å²) < 4.78 is 43.1. The van der Waals surface area contributed by atoms with Crippen molar-refractivity contribution in [3.05, 3.63) is 11.5 Å². The molecule has 0 heterocycles. The van der Waals surface area contributed by atoms with Crippen LogP contribution in [0.4, 0.5) is 13.2 Å². The largest absolute Gasteiger partial charge is 0.496 e. The molecule has 0 aliphatic heterocycles. The molecule has 0 bridgehead atoms. The zero-order chi connectivity index (χ0) is 13.8. The molecule has 0 saturated heterocycles. The van der Waals surface area contributed by atoms with Crippen LogP contribution in [-0.2, 0) is 4.74 Å². The minimum Gasteiger partial charge on any atom is -0.496 e. The molecule has 1 aliphatic rings. The summed E-state index contributed by atoms with van der Waals surface area (Å²) in [6.07, 6.45) is -2.33. The highest BCUT2D eigenvalue weighted by Gasteiger charge is 2.41. The first-order valence-electron chi connectivity index (χ1n) is 6.39. The van der Waals surface area contributed by atoms with Crippen LogP contribution in [0.1, 0.15) is 39.5 Å². The van der Waals surface area contributed by atoms with Crippen LogP contribution in [0.2, 0.25) is 0 Å². The standard InChI is InChI=1S/C13H22F3NO/c1-9(17-3)10(2)18-8-11-4-6-12(7-5-11)13(14,15)16/h11-12,17H,4-8H2,1-3H3/b10-9-/t11-,12-. The lowest BCUT2D eigenvalue weighted by Crippen LogP contribution is -2.29. The third-order valence-electron chi connectivity index (χ3n) is 3.75. The Morgan fingerprint density at radius 1 is 1.17 bits per heavy atom. The van der Waals surface area contributed by atoms with Gasteiger partial charge >= 0.3 is 6.18 Å². The van der Waals surface area contributed by atoms with Crippen LogP contribution in [0, 0.1) is 11.8 Å². The van der Waals surface area contributed by atoms with E-state index in [2.05, 4.69) is 5.32 Å². The van der Waals surface area contributed by atoms with Gasteiger partial charge in [0.1, 0.15) is 5.76 Å². The molecule has 0 amide bonds. The molecule has 1 N–H and O–H groups in total. The second-order valence-corrected chi connectivity index (χ2v) is 5.00. The van der Waals surface area contributed by atoms with Crippen molar-refractivity contribution < 1.29 is 17.9 Å². The fraction of sp³-hybridized carbons (Fsp3) is 0.846. The molecule has 106 valence electrons. The van der Waals surface area contributed by atoms with Crippen molar-refractivity contribution in [2.75, 3.05) is 13.7 Å². The summed E-state index contributed by atoms with van der Waals surface area (Å²) in [4.78, 5) is 0. The molecule has 0 aromatic heterocycles. The lowest BCUT2D eigenvalue weighted by molar-refractivity contribution is -0.184. The van der Waals surface area contributed by atoms with Crippen LogP contribution in [0.3, 0.4) is 0 Å². The quantitative estimate of drug-likeness (QED) is 0.780. The predicted molar refractivity (Wildman–Crippen MR) is 64.9 cm³/mol. The van der Waals surface area contributed by atoms with Crippen molar-refractivity contribution in [2.45, 2.75) is 45.7 Å². The molecule has 0 aromatic rings. The molecule has 18 heavy (non-hydrogen) atoms. The van der Waals surface area contributed by atoms with Gasteiger partial charge in [-0.15, -0.1) is 0 Å². The summed E-state index contributed by atoms with van der Waals surface area (Å²) in [6, 6.07) is 0. The van der Waals surface area contributed by atoms with Gasteiger partial charge in [0.25, 0.3) is 0 Å². The number of hydrogen-bond donors (Lipinski definition) is 1. The number of hydrogen-bond acceptors (Lipinski definition) is 2. The van der Waals surface area contributed by atoms with Crippen molar-refractivity contribution in [2.24, 2.45) is 11.8 Å². The van der Waals surface area contributed by atoms with E-state index in [-0.39, 0.29) is 18.8 Å². The maximum absolute atomic E-state index is 12.5. The first-order valence-corrected chi connectivity index (χ1v) is 6.39. The Labute approximate surface area is 107 Å². The first kappa shape index (κ1) is 15.2. The van der Waals surface area contributed by atoms with Crippen LogP contribution >= 0.6 is 0 Å². The number of alkyl halides is 3.